The van der Waals surface area contributed by atoms with Crippen molar-refractivity contribution in [3.8, 4) is 5.75 Å². The Morgan fingerprint density at radius 1 is 1.00 bits per heavy atom. The fourth-order valence-electron chi connectivity index (χ4n) is 2.07. The van der Waals surface area contributed by atoms with Gasteiger partial charge in [0.05, 0.1) is 0 Å². The molecule has 0 aliphatic heterocycles. The Labute approximate surface area is 162 Å². The van der Waals surface area contributed by atoms with Gasteiger partial charge in [-0.1, -0.05) is 29.3 Å². The van der Waals surface area contributed by atoms with Gasteiger partial charge in [-0.3, -0.25) is 4.79 Å². The zero-order valence-corrected chi connectivity index (χ0v) is 16.1. The van der Waals surface area contributed by atoms with Gasteiger partial charge in [0.15, 0.2) is 12.2 Å². The smallest absolute Gasteiger partial charge is 0.347 e. The van der Waals surface area contributed by atoms with Crippen LogP contribution in [0.4, 0.5) is 5.69 Å². The third-order valence-electron chi connectivity index (χ3n) is 3.65. The molecule has 2 aromatic rings. The molecule has 0 saturated carbocycles. The number of rotatable bonds is 6. The number of anilines is 1. The minimum atomic E-state index is -0.989. The zero-order chi connectivity index (χ0) is 19.3. The molecule has 1 N–H and O–H groups in total. The molecule has 7 heteroatoms. The quantitative estimate of drug-likeness (QED) is 0.723. The van der Waals surface area contributed by atoms with E-state index in [1.807, 2.05) is 0 Å². The highest BCUT2D eigenvalue weighted by molar-refractivity contribution is 6.31. The Balaban J connectivity index is 1.91. The number of esters is 1. The third-order valence-corrected chi connectivity index (χ3v) is 4.31. The summed E-state index contributed by atoms with van der Waals surface area (Å²) < 4.78 is 10.7. The largest absolute Gasteiger partial charge is 0.479 e. The molecule has 0 bridgehead atoms. The first kappa shape index (κ1) is 20.1. The second kappa shape index (κ2) is 8.92. The number of benzene rings is 2. The van der Waals surface area contributed by atoms with Gasteiger partial charge in [0.25, 0.3) is 5.91 Å². The lowest BCUT2D eigenvalue weighted by Gasteiger charge is -2.18. The van der Waals surface area contributed by atoms with Crippen LogP contribution in [0.1, 0.15) is 19.4 Å². The van der Waals surface area contributed by atoms with Gasteiger partial charge in [-0.25, -0.2) is 4.79 Å². The van der Waals surface area contributed by atoms with E-state index >= 15 is 0 Å². The van der Waals surface area contributed by atoms with E-state index in [4.69, 9.17) is 32.7 Å². The molecule has 0 aliphatic carbocycles. The normalized spacial score (nSPS) is 12.8. The van der Waals surface area contributed by atoms with Gasteiger partial charge in [0.1, 0.15) is 5.75 Å². The van der Waals surface area contributed by atoms with Gasteiger partial charge in [0.2, 0.25) is 0 Å². The highest BCUT2D eigenvalue weighted by Gasteiger charge is 2.23. The molecule has 2 atom stereocenters. The van der Waals surface area contributed by atoms with Crippen LogP contribution in [-0.4, -0.2) is 24.1 Å². The number of carbonyl (C=O) groups is 2. The van der Waals surface area contributed by atoms with Crippen LogP contribution in [0, 0.1) is 6.92 Å². The predicted octanol–water partition coefficient (Wildman–Crippen LogP) is 4.64. The van der Waals surface area contributed by atoms with E-state index in [0.29, 0.717) is 21.5 Å². The minimum absolute atomic E-state index is 0.456. The lowest BCUT2D eigenvalue weighted by Crippen LogP contribution is -2.35. The van der Waals surface area contributed by atoms with E-state index in [1.54, 1.807) is 56.3 Å². The summed E-state index contributed by atoms with van der Waals surface area (Å²) in [5.41, 5.74) is 1.30. The number of amides is 1. The Bertz CT molecular complexity index is 793. The molecule has 138 valence electrons. The average molecular weight is 396 g/mol. The number of ether oxygens (including phenoxy) is 2. The molecular weight excluding hydrogens is 377 g/mol. The van der Waals surface area contributed by atoms with Crippen molar-refractivity contribution >= 4 is 40.8 Å². The number of hydrogen-bond acceptors (Lipinski definition) is 4. The Kier molecular flexibility index (Phi) is 6.89. The number of halogens is 2. The third kappa shape index (κ3) is 5.38. The molecule has 0 fully saturated rings. The molecular formula is C19H19Cl2NO4. The van der Waals surface area contributed by atoms with Gasteiger partial charge in [-0.2, -0.15) is 0 Å². The standard InChI is InChI=1S/C19H19Cl2NO4/c1-11-16(21)5-4-6-17(11)22-18(23)12(2)26-19(24)13(3)25-15-9-7-14(20)8-10-15/h4-10,12-13H,1-3H3,(H,22,23). The SMILES string of the molecule is Cc1c(Cl)cccc1NC(=O)C(C)OC(=O)C(C)Oc1ccc(Cl)cc1. The molecule has 2 aromatic carbocycles. The molecule has 0 saturated heterocycles. The first-order valence-corrected chi connectivity index (χ1v) is 8.72. The van der Waals surface area contributed by atoms with Gasteiger partial charge in [0, 0.05) is 15.7 Å². The van der Waals surface area contributed by atoms with E-state index in [-0.39, 0.29) is 0 Å². The molecule has 5 nitrogen and oxygen atoms in total. The van der Waals surface area contributed by atoms with Crippen LogP contribution in [0.5, 0.6) is 5.75 Å². The lowest BCUT2D eigenvalue weighted by atomic mass is 10.2. The molecule has 0 aliphatic rings. The van der Waals surface area contributed by atoms with Crippen molar-refractivity contribution in [1.82, 2.24) is 0 Å². The first-order chi connectivity index (χ1) is 12.3. The highest BCUT2D eigenvalue weighted by Crippen LogP contribution is 2.23. The maximum absolute atomic E-state index is 12.2. The number of hydrogen-bond donors (Lipinski definition) is 1. The second-order valence-corrected chi connectivity index (χ2v) is 6.54. The summed E-state index contributed by atoms with van der Waals surface area (Å²) in [6.45, 7) is 4.82. The molecule has 2 unspecified atom stereocenters. The summed E-state index contributed by atoms with van der Waals surface area (Å²) in [5, 5.41) is 3.80. The summed E-state index contributed by atoms with van der Waals surface area (Å²) >= 11 is 11.8. The first-order valence-electron chi connectivity index (χ1n) is 7.96. The summed E-state index contributed by atoms with van der Waals surface area (Å²) in [6.07, 6.45) is -1.86. The topological polar surface area (TPSA) is 64.6 Å². The van der Waals surface area contributed by atoms with E-state index in [0.717, 1.165) is 5.56 Å². The van der Waals surface area contributed by atoms with E-state index < -0.39 is 24.1 Å². The van der Waals surface area contributed by atoms with Crippen LogP contribution >= 0.6 is 23.2 Å². The van der Waals surface area contributed by atoms with Gasteiger partial charge in [-0.15, -0.1) is 0 Å². The van der Waals surface area contributed by atoms with E-state index in [2.05, 4.69) is 5.32 Å². The van der Waals surface area contributed by atoms with Crippen molar-refractivity contribution in [1.29, 1.82) is 0 Å². The monoisotopic (exact) mass is 395 g/mol. The van der Waals surface area contributed by atoms with E-state index in [1.165, 1.54) is 6.92 Å². The van der Waals surface area contributed by atoms with Crippen molar-refractivity contribution in [3.63, 3.8) is 0 Å². The van der Waals surface area contributed by atoms with Crippen molar-refractivity contribution < 1.29 is 19.1 Å². The van der Waals surface area contributed by atoms with Crippen LogP contribution < -0.4 is 10.1 Å². The summed E-state index contributed by atoms with van der Waals surface area (Å²) in [6, 6.07) is 11.8. The average Bonchev–Trinajstić information content (AvgIpc) is 2.60. The van der Waals surface area contributed by atoms with Gasteiger partial charge >= 0.3 is 5.97 Å². The highest BCUT2D eigenvalue weighted by atomic mass is 35.5. The Morgan fingerprint density at radius 2 is 1.65 bits per heavy atom. The maximum atomic E-state index is 12.2. The maximum Gasteiger partial charge on any atom is 0.347 e. The lowest BCUT2D eigenvalue weighted by molar-refractivity contribution is -0.159. The van der Waals surface area contributed by atoms with Crippen LogP contribution in [0.25, 0.3) is 0 Å². The summed E-state index contributed by atoms with van der Waals surface area (Å²) in [4.78, 5) is 24.4. The minimum Gasteiger partial charge on any atom is -0.479 e. The van der Waals surface area contributed by atoms with Crippen molar-refractivity contribution in [2.45, 2.75) is 33.0 Å². The zero-order valence-electron chi connectivity index (χ0n) is 14.6. The molecule has 1 amide bonds. The van der Waals surface area contributed by atoms with Crippen molar-refractivity contribution in [3.05, 3.63) is 58.1 Å². The molecule has 26 heavy (non-hydrogen) atoms. The molecule has 0 radical (unpaired) electrons. The van der Waals surface area contributed by atoms with Crippen LogP contribution in [0.15, 0.2) is 42.5 Å². The van der Waals surface area contributed by atoms with Gasteiger partial charge < -0.3 is 14.8 Å². The van der Waals surface area contributed by atoms with Crippen molar-refractivity contribution in [2.75, 3.05) is 5.32 Å². The van der Waals surface area contributed by atoms with Gasteiger partial charge in [-0.05, 0) is 62.7 Å². The number of carbonyl (C=O) groups excluding carboxylic acids is 2. The molecule has 0 heterocycles. The van der Waals surface area contributed by atoms with Crippen LogP contribution in [0.2, 0.25) is 10.0 Å². The molecule has 2 rings (SSSR count). The Hall–Kier alpha value is -2.24. The fourth-order valence-corrected chi connectivity index (χ4v) is 2.37. The van der Waals surface area contributed by atoms with Crippen LogP contribution in [-0.2, 0) is 14.3 Å². The van der Waals surface area contributed by atoms with E-state index in [9.17, 15) is 9.59 Å². The fraction of sp³-hybridized carbons (Fsp3) is 0.263. The molecule has 0 spiro atoms. The second-order valence-electron chi connectivity index (χ2n) is 5.69. The Morgan fingerprint density at radius 3 is 2.31 bits per heavy atom. The molecule has 0 aromatic heterocycles. The van der Waals surface area contributed by atoms with Crippen molar-refractivity contribution in [2.24, 2.45) is 0 Å². The summed E-state index contributed by atoms with van der Waals surface area (Å²) in [7, 11) is 0. The van der Waals surface area contributed by atoms with Crippen LogP contribution in [0.3, 0.4) is 0 Å². The number of nitrogens with one attached hydrogen (secondary N) is 1. The predicted molar refractivity (Wildman–Crippen MR) is 102 cm³/mol. The summed E-state index contributed by atoms with van der Waals surface area (Å²) in [5.74, 6) is -0.627.